The van der Waals surface area contributed by atoms with Gasteiger partial charge in [-0.25, -0.2) is 0 Å². The van der Waals surface area contributed by atoms with Crippen molar-refractivity contribution in [1.82, 2.24) is 0 Å². The highest BCUT2D eigenvalue weighted by atomic mass is 79.9. The summed E-state index contributed by atoms with van der Waals surface area (Å²) in [5.41, 5.74) is 1.25. The van der Waals surface area contributed by atoms with E-state index in [1.165, 1.54) is 29.2 Å². The number of fused-ring (bicyclic) bond motifs is 1. The SMILES string of the molecule is CCCCC(Cl)c1ccc(Br)c2ccccc12. The number of halogens is 2. The van der Waals surface area contributed by atoms with E-state index in [1.807, 2.05) is 0 Å². The van der Waals surface area contributed by atoms with Crippen LogP contribution in [0, 0.1) is 0 Å². The topological polar surface area (TPSA) is 0 Å². The summed E-state index contributed by atoms with van der Waals surface area (Å²) in [6, 6.07) is 12.6. The van der Waals surface area contributed by atoms with Crippen LogP contribution in [0.4, 0.5) is 0 Å². The number of benzene rings is 2. The van der Waals surface area contributed by atoms with Crippen LogP contribution >= 0.6 is 27.5 Å². The Kier molecular flexibility index (Phi) is 4.47. The molecule has 0 fully saturated rings. The molecule has 0 aromatic heterocycles. The molecule has 0 saturated carbocycles. The van der Waals surface area contributed by atoms with Crippen LogP contribution in [-0.2, 0) is 0 Å². The molecule has 0 spiro atoms. The van der Waals surface area contributed by atoms with Gasteiger partial charge in [-0.2, -0.15) is 0 Å². The third-order valence-electron chi connectivity index (χ3n) is 3.05. The van der Waals surface area contributed by atoms with Crippen LogP contribution in [0.1, 0.15) is 37.1 Å². The lowest BCUT2D eigenvalue weighted by Gasteiger charge is -2.13. The Morgan fingerprint density at radius 1 is 1.12 bits per heavy atom. The van der Waals surface area contributed by atoms with Gasteiger partial charge in [0.05, 0.1) is 5.38 Å². The maximum absolute atomic E-state index is 6.50. The first-order valence-corrected chi connectivity index (χ1v) is 7.28. The van der Waals surface area contributed by atoms with Crippen molar-refractivity contribution in [3.63, 3.8) is 0 Å². The Hall–Kier alpha value is -0.530. The van der Waals surface area contributed by atoms with Crippen molar-refractivity contribution in [3.8, 4) is 0 Å². The number of unbranched alkanes of at least 4 members (excludes halogenated alkanes) is 1. The van der Waals surface area contributed by atoms with Crippen LogP contribution in [0.2, 0.25) is 0 Å². The maximum Gasteiger partial charge on any atom is 0.0591 e. The zero-order valence-electron chi connectivity index (χ0n) is 9.92. The first-order valence-electron chi connectivity index (χ1n) is 6.05. The Balaban J connectivity index is 2.44. The predicted molar refractivity (Wildman–Crippen MR) is 79.8 cm³/mol. The minimum atomic E-state index is 0.118. The van der Waals surface area contributed by atoms with Gasteiger partial charge >= 0.3 is 0 Å². The molecule has 0 amide bonds. The molecular formula is C15H16BrCl. The highest BCUT2D eigenvalue weighted by Crippen LogP contribution is 2.35. The van der Waals surface area contributed by atoms with E-state index in [-0.39, 0.29) is 5.38 Å². The van der Waals surface area contributed by atoms with Crippen LogP contribution in [0.15, 0.2) is 40.9 Å². The predicted octanol–water partition coefficient (Wildman–Crippen LogP) is 6.07. The average molecular weight is 312 g/mol. The molecule has 0 N–H and O–H groups in total. The van der Waals surface area contributed by atoms with Gasteiger partial charge in [-0.05, 0) is 28.8 Å². The molecule has 0 nitrogen and oxygen atoms in total. The number of alkyl halides is 1. The van der Waals surface area contributed by atoms with Crippen LogP contribution in [0.3, 0.4) is 0 Å². The van der Waals surface area contributed by atoms with E-state index in [0.717, 1.165) is 10.9 Å². The Morgan fingerprint density at radius 2 is 1.82 bits per heavy atom. The quantitative estimate of drug-likeness (QED) is 0.601. The average Bonchev–Trinajstić information content (AvgIpc) is 2.37. The largest absolute Gasteiger partial charge is 0.118 e. The smallest absolute Gasteiger partial charge is 0.0591 e. The first-order chi connectivity index (χ1) is 8.24. The summed E-state index contributed by atoms with van der Waals surface area (Å²) in [7, 11) is 0. The van der Waals surface area contributed by atoms with Crippen molar-refractivity contribution in [2.24, 2.45) is 0 Å². The van der Waals surface area contributed by atoms with E-state index in [0.29, 0.717) is 0 Å². The first kappa shape index (κ1) is 12.9. The molecular weight excluding hydrogens is 296 g/mol. The van der Waals surface area contributed by atoms with Crippen LogP contribution < -0.4 is 0 Å². The monoisotopic (exact) mass is 310 g/mol. The second kappa shape index (κ2) is 5.88. The fraction of sp³-hybridized carbons (Fsp3) is 0.333. The van der Waals surface area contributed by atoms with Gasteiger partial charge < -0.3 is 0 Å². The maximum atomic E-state index is 6.50. The Morgan fingerprint density at radius 3 is 2.53 bits per heavy atom. The van der Waals surface area contributed by atoms with Crippen molar-refractivity contribution in [1.29, 1.82) is 0 Å². The Labute approximate surface area is 116 Å². The van der Waals surface area contributed by atoms with Crippen molar-refractivity contribution in [2.45, 2.75) is 31.6 Å². The highest BCUT2D eigenvalue weighted by molar-refractivity contribution is 9.10. The van der Waals surface area contributed by atoms with Crippen molar-refractivity contribution in [2.75, 3.05) is 0 Å². The van der Waals surface area contributed by atoms with Gasteiger partial charge in [-0.15, -0.1) is 11.6 Å². The van der Waals surface area contributed by atoms with Crippen molar-refractivity contribution in [3.05, 3.63) is 46.4 Å². The van der Waals surface area contributed by atoms with Gasteiger partial charge in [0.25, 0.3) is 0 Å². The van der Waals surface area contributed by atoms with Crippen LogP contribution in [0.5, 0.6) is 0 Å². The third kappa shape index (κ3) is 2.83. The second-order valence-corrected chi connectivity index (χ2v) is 5.67. The zero-order chi connectivity index (χ0) is 12.3. The van der Waals surface area contributed by atoms with Gasteiger partial charge in [0.1, 0.15) is 0 Å². The summed E-state index contributed by atoms with van der Waals surface area (Å²) in [6.07, 6.45) is 3.42. The van der Waals surface area contributed by atoms with E-state index in [9.17, 15) is 0 Å². The molecule has 0 aliphatic rings. The molecule has 1 unspecified atom stereocenters. The molecule has 2 aromatic rings. The number of hydrogen-bond donors (Lipinski definition) is 0. The van der Waals surface area contributed by atoms with E-state index in [2.05, 4.69) is 59.3 Å². The molecule has 0 radical (unpaired) electrons. The number of hydrogen-bond acceptors (Lipinski definition) is 0. The highest BCUT2D eigenvalue weighted by Gasteiger charge is 2.11. The minimum Gasteiger partial charge on any atom is -0.118 e. The lowest BCUT2D eigenvalue weighted by molar-refractivity contribution is 0.703. The molecule has 0 aliphatic carbocycles. The fourth-order valence-corrected chi connectivity index (χ4v) is 2.92. The molecule has 0 aliphatic heterocycles. The van der Waals surface area contributed by atoms with Gasteiger partial charge in [-0.3, -0.25) is 0 Å². The molecule has 0 bridgehead atoms. The summed E-state index contributed by atoms with van der Waals surface area (Å²) >= 11 is 10.1. The summed E-state index contributed by atoms with van der Waals surface area (Å²) in [4.78, 5) is 0. The molecule has 17 heavy (non-hydrogen) atoms. The molecule has 2 rings (SSSR count). The molecule has 2 heteroatoms. The zero-order valence-corrected chi connectivity index (χ0v) is 12.3. The van der Waals surface area contributed by atoms with Gasteiger partial charge in [0.2, 0.25) is 0 Å². The summed E-state index contributed by atoms with van der Waals surface area (Å²) in [5, 5.41) is 2.62. The molecule has 2 aromatic carbocycles. The van der Waals surface area contributed by atoms with Crippen molar-refractivity contribution < 1.29 is 0 Å². The van der Waals surface area contributed by atoms with E-state index < -0.39 is 0 Å². The van der Waals surface area contributed by atoms with E-state index in [4.69, 9.17) is 11.6 Å². The lowest BCUT2D eigenvalue weighted by atomic mass is 9.99. The van der Waals surface area contributed by atoms with Crippen LogP contribution in [-0.4, -0.2) is 0 Å². The van der Waals surface area contributed by atoms with Gasteiger partial charge in [-0.1, -0.05) is 66.0 Å². The summed E-state index contributed by atoms with van der Waals surface area (Å²) in [5.74, 6) is 0. The molecule has 0 saturated heterocycles. The standard InChI is InChI=1S/C15H16BrCl/c1-2-3-8-15(17)13-9-10-14(16)12-7-5-4-6-11(12)13/h4-7,9-10,15H,2-3,8H2,1H3. The molecule has 1 atom stereocenters. The van der Waals surface area contributed by atoms with Crippen LogP contribution in [0.25, 0.3) is 10.8 Å². The normalized spacial score (nSPS) is 12.9. The van der Waals surface area contributed by atoms with E-state index >= 15 is 0 Å². The van der Waals surface area contributed by atoms with Gasteiger partial charge in [0.15, 0.2) is 0 Å². The molecule has 0 heterocycles. The van der Waals surface area contributed by atoms with E-state index in [1.54, 1.807) is 0 Å². The number of rotatable bonds is 4. The molecule has 90 valence electrons. The Bertz CT molecular complexity index is 507. The fourth-order valence-electron chi connectivity index (χ4n) is 2.10. The van der Waals surface area contributed by atoms with Gasteiger partial charge in [0, 0.05) is 4.47 Å². The minimum absolute atomic E-state index is 0.118. The second-order valence-electron chi connectivity index (χ2n) is 4.29. The summed E-state index contributed by atoms with van der Waals surface area (Å²) in [6.45, 7) is 2.20. The summed E-state index contributed by atoms with van der Waals surface area (Å²) < 4.78 is 1.14. The van der Waals surface area contributed by atoms with Crippen molar-refractivity contribution >= 4 is 38.3 Å². The lowest BCUT2D eigenvalue weighted by Crippen LogP contribution is -1.92. The third-order valence-corrected chi connectivity index (χ3v) is 4.20.